The molecule has 214 valence electrons. The highest BCUT2D eigenvalue weighted by atomic mass is 31.2. The van der Waals surface area contributed by atoms with Gasteiger partial charge >= 0.3 is 7.60 Å². The Kier molecular flexibility index (Phi) is 8.15. The molecule has 1 amide bonds. The van der Waals surface area contributed by atoms with Crippen molar-refractivity contribution in [3.8, 4) is 17.2 Å². The van der Waals surface area contributed by atoms with Crippen molar-refractivity contribution in [1.29, 1.82) is 0 Å². The van der Waals surface area contributed by atoms with Crippen LogP contribution in [0.2, 0.25) is 0 Å². The number of aromatic nitrogens is 3. The molecule has 4 rings (SSSR count). The molecule has 0 spiro atoms. The Bertz CT molecular complexity index is 1490. The lowest BCUT2D eigenvalue weighted by molar-refractivity contribution is -0.133. The maximum Gasteiger partial charge on any atom is 0.329 e. The van der Waals surface area contributed by atoms with Crippen LogP contribution in [0, 0.1) is 12.7 Å². The Balaban J connectivity index is 1.61. The van der Waals surface area contributed by atoms with E-state index in [9.17, 15) is 13.8 Å². The molecule has 0 fully saturated rings. The molecule has 1 aliphatic rings. The molecule has 3 aromatic rings. The summed E-state index contributed by atoms with van der Waals surface area (Å²) in [6.45, 7) is 5.90. The lowest BCUT2D eigenvalue weighted by Gasteiger charge is -2.37. The van der Waals surface area contributed by atoms with Gasteiger partial charge in [-0.2, -0.15) is 4.98 Å². The van der Waals surface area contributed by atoms with Crippen molar-refractivity contribution in [2.45, 2.75) is 26.4 Å². The van der Waals surface area contributed by atoms with E-state index >= 15 is 0 Å². The fourth-order valence-corrected chi connectivity index (χ4v) is 4.28. The van der Waals surface area contributed by atoms with E-state index in [1.165, 1.54) is 31.9 Å². The summed E-state index contributed by atoms with van der Waals surface area (Å²) >= 11 is 0. The molecular weight excluding hydrogens is 546 g/mol. The zero-order chi connectivity index (χ0) is 29.2. The van der Waals surface area contributed by atoms with Gasteiger partial charge in [0, 0.05) is 25.5 Å². The minimum atomic E-state index is -3.41. The smallest absolute Gasteiger partial charge is 0.329 e. The number of rotatable bonds is 10. The second-order valence-corrected chi connectivity index (χ2v) is 11.4. The molecule has 1 atom stereocenters. The van der Waals surface area contributed by atoms with Gasteiger partial charge in [-0.25, -0.2) is 14.4 Å². The van der Waals surface area contributed by atoms with Crippen LogP contribution in [0.4, 0.5) is 33.5 Å². The number of carbonyl (C=O) groups is 1. The molecule has 1 unspecified atom stereocenters. The lowest BCUT2D eigenvalue weighted by atomic mass is 10.1. The van der Waals surface area contributed by atoms with Gasteiger partial charge in [-0.3, -0.25) is 18.8 Å². The fourth-order valence-electron chi connectivity index (χ4n) is 3.85. The van der Waals surface area contributed by atoms with Crippen LogP contribution in [0.3, 0.4) is 0 Å². The van der Waals surface area contributed by atoms with Gasteiger partial charge in [-0.15, -0.1) is 0 Å². The molecule has 0 radical (unpaired) electrons. The van der Waals surface area contributed by atoms with Gasteiger partial charge in [0.1, 0.15) is 12.5 Å². The van der Waals surface area contributed by atoms with Gasteiger partial charge in [0.2, 0.25) is 5.95 Å². The van der Waals surface area contributed by atoms with Crippen LogP contribution in [0.15, 0.2) is 30.5 Å². The Morgan fingerprint density at radius 1 is 1.12 bits per heavy atom. The van der Waals surface area contributed by atoms with E-state index in [2.05, 4.69) is 25.6 Å². The fraction of sp³-hybridized carbons (Fsp3) is 0.360. The molecule has 2 N–H and O–H groups in total. The first-order valence-electron chi connectivity index (χ1n) is 12.0. The number of aryl methyl sites for hydroxylation is 1. The molecule has 1 aliphatic heterocycles. The highest BCUT2D eigenvalue weighted by Gasteiger charge is 2.42. The SMILES string of the molecule is COc1cc(Nc2ncc(F)c(Nc3ccc4c(n3)N(COP(C)(=O)OC)C(=O)C(C)(C)O4)n2)cc(C)c1OC. The lowest BCUT2D eigenvalue weighted by Crippen LogP contribution is -2.53. The first-order valence-corrected chi connectivity index (χ1v) is 14.0. The van der Waals surface area contributed by atoms with Crippen LogP contribution in [0.5, 0.6) is 17.2 Å². The summed E-state index contributed by atoms with van der Waals surface area (Å²) < 4.78 is 53.8. The second kappa shape index (κ2) is 11.2. The number of fused-ring (bicyclic) bond motifs is 1. The molecule has 0 aliphatic carbocycles. The predicted octanol–water partition coefficient (Wildman–Crippen LogP) is 4.77. The first-order chi connectivity index (χ1) is 18.9. The number of pyridine rings is 1. The van der Waals surface area contributed by atoms with Crippen molar-refractivity contribution in [3.63, 3.8) is 0 Å². The Labute approximate surface area is 230 Å². The average molecular weight is 577 g/mol. The number of halogens is 1. The standard InChI is InChI=1S/C25H30FN6O7P/c1-14-10-15(11-18(35-4)20(14)36-5)28-24-27-12-16(26)21(31-24)29-19-9-8-17-22(30-19)32(13-38-40(7,34)37-6)23(33)25(2,3)39-17/h8-12H,13H2,1-7H3,(H2,27,28,29,30,31). The van der Waals surface area contributed by atoms with Crippen molar-refractivity contribution in [2.75, 3.05) is 50.3 Å². The molecule has 1 aromatic carbocycles. The Morgan fingerprint density at radius 2 is 1.88 bits per heavy atom. The van der Waals surface area contributed by atoms with E-state index in [1.54, 1.807) is 39.2 Å². The van der Waals surface area contributed by atoms with E-state index in [0.717, 1.165) is 11.8 Å². The third-order valence-corrected chi connectivity index (χ3v) is 7.13. The molecule has 0 saturated carbocycles. The van der Waals surface area contributed by atoms with Crippen molar-refractivity contribution < 1.29 is 37.0 Å². The molecule has 0 bridgehead atoms. The molecule has 13 nitrogen and oxygen atoms in total. The van der Waals surface area contributed by atoms with Crippen LogP contribution in [-0.4, -0.2) is 61.2 Å². The van der Waals surface area contributed by atoms with Crippen LogP contribution < -0.4 is 29.7 Å². The topological polar surface area (TPSA) is 146 Å². The summed E-state index contributed by atoms with van der Waals surface area (Å²) in [7, 11) is 0.903. The number of carbonyl (C=O) groups excluding carboxylic acids is 1. The number of hydrogen-bond acceptors (Lipinski definition) is 12. The number of hydrogen-bond donors (Lipinski definition) is 2. The van der Waals surface area contributed by atoms with Crippen molar-refractivity contribution in [1.82, 2.24) is 15.0 Å². The highest BCUT2D eigenvalue weighted by molar-refractivity contribution is 7.52. The average Bonchev–Trinajstić information content (AvgIpc) is 2.90. The number of ether oxygens (including phenoxy) is 3. The summed E-state index contributed by atoms with van der Waals surface area (Å²) in [6, 6.07) is 6.61. The van der Waals surface area contributed by atoms with E-state index in [1.807, 2.05) is 6.92 Å². The molecule has 0 saturated heterocycles. The van der Waals surface area contributed by atoms with E-state index < -0.39 is 31.7 Å². The number of nitrogens with one attached hydrogen (secondary N) is 2. The summed E-state index contributed by atoms with van der Waals surface area (Å²) in [5.41, 5.74) is 0.166. The maximum atomic E-state index is 14.7. The first kappa shape index (κ1) is 29.0. The maximum absolute atomic E-state index is 14.7. The van der Waals surface area contributed by atoms with Crippen LogP contribution in [0.1, 0.15) is 19.4 Å². The van der Waals surface area contributed by atoms with Gasteiger partial charge in [-0.1, -0.05) is 0 Å². The normalized spacial score (nSPS) is 15.5. The van der Waals surface area contributed by atoms with Crippen molar-refractivity contribution in [2.24, 2.45) is 0 Å². The zero-order valence-electron chi connectivity index (χ0n) is 23.1. The van der Waals surface area contributed by atoms with Crippen LogP contribution in [0.25, 0.3) is 0 Å². The van der Waals surface area contributed by atoms with Crippen LogP contribution >= 0.6 is 7.60 Å². The monoisotopic (exact) mass is 576 g/mol. The van der Waals surface area contributed by atoms with E-state index in [0.29, 0.717) is 17.2 Å². The van der Waals surface area contributed by atoms with Gasteiger partial charge in [0.25, 0.3) is 5.91 Å². The number of anilines is 5. The van der Waals surface area contributed by atoms with Crippen molar-refractivity contribution in [3.05, 3.63) is 41.8 Å². The van der Waals surface area contributed by atoms with Gasteiger partial charge < -0.3 is 29.4 Å². The summed E-state index contributed by atoms with van der Waals surface area (Å²) in [6.07, 6.45) is 1.00. The molecule has 40 heavy (non-hydrogen) atoms. The molecule has 3 heterocycles. The number of benzene rings is 1. The largest absolute Gasteiger partial charge is 0.493 e. The third kappa shape index (κ3) is 6.09. The minimum absolute atomic E-state index is 0.0824. The predicted molar refractivity (Wildman–Crippen MR) is 146 cm³/mol. The number of amides is 1. The van der Waals surface area contributed by atoms with E-state index in [-0.39, 0.29) is 29.2 Å². The Morgan fingerprint density at radius 3 is 2.55 bits per heavy atom. The highest BCUT2D eigenvalue weighted by Crippen LogP contribution is 2.44. The van der Waals surface area contributed by atoms with Crippen LogP contribution in [-0.2, 0) is 18.4 Å². The van der Waals surface area contributed by atoms with Crippen molar-refractivity contribution >= 4 is 42.6 Å². The van der Waals surface area contributed by atoms with Gasteiger partial charge in [-0.05, 0) is 44.5 Å². The number of nitrogens with zero attached hydrogens (tertiary/aromatic N) is 4. The minimum Gasteiger partial charge on any atom is -0.493 e. The molecule has 15 heteroatoms. The van der Waals surface area contributed by atoms with Gasteiger partial charge in [0.05, 0.1) is 20.4 Å². The quantitative estimate of drug-likeness (QED) is 0.321. The van der Waals surface area contributed by atoms with Gasteiger partial charge in [0.15, 0.2) is 40.3 Å². The zero-order valence-corrected chi connectivity index (χ0v) is 24.0. The molecule has 2 aromatic heterocycles. The Hall–Kier alpha value is -4.00. The summed E-state index contributed by atoms with van der Waals surface area (Å²) in [4.78, 5) is 26.9. The van der Waals surface area contributed by atoms with E-state index in [4.69, 9.17) is 23.3 Å². The molecular formula is C25H30FN6O7P. The summed E-state index contributed by atoms with van der Waals surface area (Å²) in [5.74, 6) is 0.297. The summed E-state index contributed by atoms with van der Waals surface area (Å²) in [5, 5.41) is 5.82. The third-order valence-electron chi connectivity index (χ3n) is 5.88. The second-order valence-electron chi connectivity index (χ2n) is 9.24. The number of methoxy groups -OCH3 is 2.